The van der Waals surface area contributed by atoms with Gasteiger partial charge in [0.2, 0.25) is 10.0 Å². The zero-order chi connectivity index (χ0) is 18.3. The smallest absolute Gasteiger partial charge is 0.211 e. The number of fused-ring (bicyclic) bond motifs is 1. The standard InChI is InChI=1S/C17H24ClN5O2S/c1-26(24,25)23-8-6-21(7-9-23)14-2-4-22(5-3-14)17-11-13(18)10-16-15(17)12-19-20-16/h10-12,14H,2-9H2,1H3,(H,19,20). The largest absolute Gasteiger partial charge is 0.371 e. The number of nitrogens with one attached hydrogen (secondary N) is 1. The predicted octanol–water partition coefficient (Wildman–Crippen LogP) is 1.76. The maximum Gasteiger partial charge on any atom is 0.211 e. The fourth-order valence-electron chi connectivity index (χ4n) is 4.13. The van der Waals surface area contributed by atoms with Crippen LogP contribution in [0.2, 0.25) is 5.02 Å². The zero-order valence-electron chi connectivity index (χ0n) is 14.9. The molecule has 0 aliphatic carbocycles. The molecule has 0 amide bonds. The van der Waals surface area contributed by atoms with Crippen molar-refractivity contribution >= 4 is 38.2 Å². The van der Waals surface area contributed by atoms with Gasteiger partial charge in [0.05, 0.1) is 18.0 Å². The Kier molecular flexibility index (Phi) is 4.85. The number of halogens is 1. The molecule has 9 heteroatoms. The third kappa shape index (κ3) is 3.55. The van der Waals surface area contributed by atoms with Gasteiger partial charge in [-0.15, -0.1) is 0 Å². The fourth-order valence-corrected chi connectivity index (χ4v) is 5.17. The van der Waals surface area contributed by atoms with Gasteiger partial charge < -0.3 is 4.90 Å². The van der Waals surface area contributed by atoms with Crippen molar-refractivity contribution in [2.45, 2.75) is 18.9 Å². The zero-order valence-corrected chi connectivity index (χ0v) is 16.4. The lowest BCUT2D eigenvalue weighted by molar-refractivity contribution is 0.120. The van der Waals surface area contributed by atoms with Crippen LogP contribution in [0, 0.1) is 0 Å². The summed E-state index contributed by atoms with van der Waals surface area (Å²) in [5, 5.41) is 8.96. The summed E-state index contributed by atoms with van der Waals surface area (Å²) in [7, 11) is -3.07. The lowest BCUT2D eigenvalue weighted by Crippen LogP contribution is -2.54. The number of aromatic nitrogens is 2. The summed E-state index contributed by atoms with van der Waals surface area (Å²) in [5.41, 5.74) is 2.10. The van der Waals surface area contributed by atoms with Gasteiger partial charge in [-0.2, -0.15) is 9.40 Å². The van der Waals surface area contributed by atoms with Crippen LogP contribution < -0.4 is 4.90 Å². The first-order chi connectivity index (χ1) is 12.4. The average Bonchev–Trinajstić information content (AvgIpc) is 3.09. The SMILES string of the molecule is CS(=O)(=O)N1CCN(C2CCN(c3cc(Cl)cc4[nH]ncc34)CC2)CC1. The van der Waals surface area contributed by atoms with Crippen molar-refractivity contribution in [3.05, 3.63) is 23.4 Å². The predicted molar refractivity (Wildman–Crippen MR) is 104 cm³/mol. The molecule has 1 aromatic carbocycles. The summed E-state index contributed by atoms with van der Waals surface area (Å²) in [5.74, 6) is 0. The van der Waals surface area contributed by atoms with E-state index in [4.69, 9.17) is 11.6 Å². The van der Waals surface area contributed by atoms with Crippen LogP contribution >= 0.6 is 11.6 Å². The Hall–Kier alpha value is -1.35. The summed E-state index contributed by atoms with van der Waals surface area (Å²) < 4.78 is 24.9. The molecule has 1 aromatic heterocycles. The normalized spacial score (nSPS) is 21.5. The van der Waals surface area contributed by atoms with E-state index in [0.717, 1.165) is 60.6 Å². The maximum atomic E-state index is 11.7. The van der Waals surface area contributed by atoms with E-state index in [9.17, 15) is 8.42 Å². The number of hydrogen-bond donors (Lipinski definition) is 1. The Balaban J connectivity index is 1.39. The van der Waals surface area contributed by atoms with Gasteiger partial charge in [0.1, 0.15) is 0 Å². The molecule has 3 heterocycles. The van der Waals surface area contributed by atoms with Gasteiger partial charge in [-0.1, -0.05) is 11.6 Å². The van der Waals surface area contributed by atoms with E-state index in [2.05, 4.69) is 20.0 Å². The number of sulfonamides is 1. The summed E-state index contributed by atoms with van der Waals surface area (Å²) in [6, 6.07) is 4.44. The second kappa shape index (κ2) is 6.99. The second-order valence-electron chi connectivity index (χ2n) is 7.17. The van der Waals surface area contributed by atoms with E-state index in [1.165, 1.54) is 6.26 Å². The molecular weight excluding hydrogens is 374 g/mol. The van der Waals surface area contributed by atoms with Crippen molar-refractivity contribution in [3.8, 4) is 0 Å². The van der Waals surface area contributed by atoms with Crippen LogP contribution in [-0.2, 0) is 10.0 Å². The highest BCUT2D eigenvalue weighted by Gasteiger charge is 2.30. The molecule has 4 rings (SSSR count). The number of anilines is 1. The summed E-state index contributed by atoms with van der Waals surface area (Å²) in [6.45, 7) is 4.78. The van der Waals surface area contributed by atoms with Gasteiger partial charge in [0.25, 0.3) is 0 Å². The molecule has 0 radical (unpaired) electrons. The van der Waals surface area contributed by atoms with E-state index in [1.807, 2.05) is 18.3 Å². The molecular formula is C17H24ClN5O2S. The fraction of sp³-hybridized carbons (Fsp3) is 0.588. The number of hydrogen-bond acceptors (Lipinski definition) is 5. The molecule has 7 nitrogen and oxygen atoms in total. The molecule has 2 aliphatic rings. The molecule has 0 saturated carbocycles. The third-order valence-electron chi connectivity index (χ3n) is 5.57. The maximum absolute atomic E-state index is 11.7. The number of piperidine rings is 1. The lowest BCUT2D eigenvalue weighted by atomic mass is 10.0. The van der Waals surface area contributed by atoms with Crippen molar-refractivity contribution in [1.29, 1.82) is 0 Å². The van der Waals surface area contributed by atoms with Crippen molar-refractivity contribution in [3.63, 3.8) is 0 Å². The van der Waals surface area contributed by atoms with E-state index in [1.54, 1.807) is 4.31 Å². The monoisotopic (exact) mass is 397 g/mol. The van der Waals surface area contributed by atoms with Crippen LogP contribution in [0.25, 0.3) is 10.9 Å². The molecule has 0 bridgehead atoms. The molecule has 0 atom stereocenters. The minimum Gasteiger partial charge on any atom is -0.371 e. The molecule has 2 aliphatic heterocycles. The number of H-pyrrole nitrogens is 1. The minimum atomic E-state index is -3.07. The van der Waals surface area contributed by atoms with Gasteiger partial charge >= 0.3 is 0 Å². The van der Waals surface area contributed by atoms with Crippen LogP contribution in [0.15, 0.2) is 18.3 Å². The van der Waals surface area contributed by atoms with Crippen LogP contribution in [0.3, 0.4) is 0 Å². The van der Waals surface area contributed by atoms with Crippen LogP contribution in [-0.4, -0.2) is 79.4 Å². The molecule has 0 spiro atoms. The first kappa shape index (κ1) is 18.0. The summed E-state index contributed by atoms with van der Waals surface area (Å²) >= 11 is 6.26. The summed E-state index contributed by atoms with van der Waals surface area (Å²) in [4.78, 5) is 4.83. The van der Waals surface area contributed by atoms with E-state index >= 15 is 0 Å². The molecule has 2 fully saturated rings. The highest BCUT2D eigenvalue weighted by molar-refractivity contribution is 7.88. The second-order valence-corrected chi connectivity index (χ2v) is 9.59. The molecule has 1 N–H and O–H groups in total. The molecule has 2 aromatic rings. The van der Waals surface area contributed by atoms with Gasteiger partial charge in [-0.05, 0) is 25.0 Å². The Morgan fingerprint density at radius 2 is 1.81 bits per heavy atom. The summed E-state index contributed by atoms with van der Waals surface area (Å²) in [6.07, 6.45) is 5.30. The molecule has 0 unspecified atom stereocenters. The molecule has 2 saturated heterocycles. The first-order valence-electron chi connectivity index (χ1n) is 8.98. The number of nitrogens with zero attached hydrogens (tertiary/aromatic N) is 4. The van der Waals surface area contributed by atoms with Crippen molar-refractivity contribution < 1.29 is 8.42 Å². The Morgan fingerprint density at radius 3 is 2.46 bits per heavy atom. The van der Waals surface area contributed by atoms with Crippen LogP contribution in [0.1, 0.15) is 12.8 Å². The highest BCUT2D eigenvalue weighted by atomic mass is 35.5. The quantitative estimate of drug-likeness (QED) is 0.854. The average molecular weight is 398 g/mol. The first-order valence-corrected chi connectivity index (χ1v) is 11.2. The Labute approximate surface area is 158 Å². The number of rotatable bonds is 3. The Bertz CT molecular complexity index is 884. The minimum absolute atomic E-state index is 0.520. The van der Waals surface area contributed by atoms with E-state index in [0.29, 0.717) is 19.1 Å². The van der Waals surface area contributed by atoms with E-state index in [-0.39, 0.29) is 0 Å². The third-order valence-corrected chi connectivity index (χ3v) is 7.09. The van der Waals surface area contributed by atoms with Crippen molar-refractivity contribution in [2.75, 3.05) is 50.4 Å². The lowest BCUT2D eigenvalue weighted by Gasteiger charge is -2.42. The Morgan fingerprint density at radius 1 is 1.12 bits per heavy atom. The molecule has 26 heavy (non-hydrogen) atoms. The van der Waals surface area contributed by atoms with E-state index < -0.39 is 10.0 Å². The number of aromatic amines is 1. The van der Waals surface area contributed by atoms with Crippen LogP contribution in [0.4, 0.5) is 5.69 Å². The number of piperazine rings is 1. The van der Waals surface area contributed by atoms with Crippen molar-refractivity contribution in [1.82, 2.24) is 19.4 Å². The topological polar surface area (TPSA) is 72.5 Å². The highest BCUT2D eigenvalue weighted by Crippen LogP contribution is 2.32. The van der Waals surface area contributed by atoms with Crippen LogP contribution in [0.5, 0.6) is 0 Å². The number of benzene rings is 1. The van der Waals surface area contributed by atoms with Gasteiger partial charge in [0, 0.05) is 61.4 Å². The van der Waals surface area contributed by atoms with Gasteiger partial charge in [0.15, 0.2) is 0 Å². The molecule has 142 valence electrons. The van der Waals surface area contributed by atoms with Gasteiger partial charge in [-0.25, -0.2) is 8.42 Å². The van der Waals surface area contributed by atoms with Crippen molar-refractivity contribution in [2.24, 2.45) is 0 Å². The van der Waals surface area contributed by atoms with Gasteiger partial charge in [-0.3, -0.25) is 10.00 Å².